The van der Waals surface area contributed by atoms with Gasteiger partial charge in [0.25, 0.3) is 0 Å². The van der Waals surface area contributed by atoms with E-state index in [0.29, 0.717) is 23.5 Å². The van der Waals surface area contributed by atoms with Gasteiger partial charge < -0.3 is 15.8 Å². The van der Waals surface area contributed by atoms with Gasteiger partial charge in [0.1, 0.15) is 12.1 Å². The van der Waals surface area contributed by atoms with Gasteiger partial charge in [-0.25, -0.2) is 4.98 Å². The molecule has 1 aromatic carbocycles. The van der Waals surface area contributed by atoms with E-state index in [1.54, 1.807) is 37.1 Å². The molecule has 1 heterocycles. The van der Waals surface area contributed by atoms with Crippen LogP contribution in [0.4, 0.5) is 11.4 Å². The van der Waals surface area contributed by atoms with Crippen LogP contribution >= 0.6 is 23.3 Å². The number of amides is 1. The van der Waals surface area contributed by atoms with Crippen LogP contribution in [0.15, 0.2) is 28.9 Å². The van der Waals surface area contributed by atoms with E-state index in [0.717, 1.165) is 16.5 Å². The van der Waals surface area contributed by atoms with E-state index in [-0.39, 0.29) is 5.91 Å². The topological polar surface area (TPSA) is 90.1 Å². The molecule has 0 radical (unpaired) electrons. The predicted molar refractivity (Wildman–Crippen MR) is 85.9 cm³/mol. The lowest BCUT2D eigenvalue weighted by molar-refractivity contribution is -0.116. The smallest absolute Gasteiger partial charge is 0.224 e. The molecule has 0 saturated heterocycles. The van der Waals surface area contributed by atoms with Crippen LogP contribution in [-0.4, -0.2) is 28.1 Å². The van der Waals surface area contributed by atoms with Crippen molar-refractivity contribution in [2.24, 2.45) is 0 Å². The van der Waals surface area contributed by atoms with E-state index < -0.39 is 0 Å². The van der Waals surface area contributed by atoms with Gasteiger partial charge in [0, 0.05) is 17.9 Å². The second kappa shape index (κ2) is 7.84. The number of thioether (sulfide) groups is 1. The van der Waals surface area contributed by atoms with Gasteiger partial charge in [-0.2, -0.15) is 4.37 Å². The van der Waals surface area contributed by atoms with E-state index in [4.69, 9.17) is 10.5 Å². The molecule has 0 unspecified atom stereocenters. The molecule has 0 aliphatic rings. The Kier molecular flexibility index (Phi) is 5.82. The summed E-state index contributed by atoms with van der Waals surface area (Å²) in [6.07, 6.45) is 2.73. The number of carbonyl (C=O) groups is 1. The minimum atomic E-state index is -0.0586. The second-order valence-electron chi connectivity index (χ2n) is 4.17. The summed E-state index contributed by atoms with van der Waals surface area (Å²) in [5.41, 5.74) is 6.89. The van der Waals surface area contributed by atoms with Crippen molar-refractivity contribution in [3.8, 4) is 5.75 Å². The van der Waals surface area contributed by atoms with Crippen LogP contribution in [0.5, 0.6) is 5.75 Å². The first-order valence-electron chi connectivity index (χ1n) is 6.32. The molecule has 0 bridgehead atoms. The Balaban J connectivity index is 1.77. The third kappa shape index (κ3) is 4.91. The second-order valence-corrected chi connectivity index (χ2v) is 6.29. The van der Waals surface area contributed by atoms with Crippen LogP contribution in [0.1, 0.15) is 12.8 Å². The van der Waals surface area contributed by atoms with Crippen LogP contribution in [0.25, 0.3) is 0 Å². The molecule has 3 N–H and O–H groups in total. The number of aromatic nitrogens is 2. The van der Waals surface area contributed by atoms with Crippen LogP contribution in [0, 0.1) is 0 Å². The highest BCUT2D eigenvalue weighted by atomic mass is 32.2. The number of carbonyl (C=O) groups excluding carboxylic acids is 1. The Labute approximate surface area is 131 Å². The summed E-state index contributed by atoms with van der Waals surface area (Å²) >= 11 is 2.97. The number of hydrogen-bond donors (Lipinski definition) is 2. The Morgan fingerprint density at radius 3 is 3.10 bits per heavy atom. The monoisotopic (exact) mass is 324 g/mol. The zero-order chi connectivity index (χ0) is 15.1. The lowest BCUT2D eigenvalue weighted by Gasteiger charge is -2.10. The molecule has 2 aromatic rings. The van der Waals surface area contributed by atoms with Crippen molar-refractivity contribution in [3.63, 3.8) is 0 Å². The summed E-state index contributed by atoms with van der Waals surface area (Å²) in [6, 6.07) is 5.15. The molecule has 21 heavy (non-hydrogen) atoms. The van der Waals surface area contributed by atoms with Crippen LogP contribution < -0.4 is 15.8 Å². The third-order valence-electron chi connectivity index (χ3n) is 2.61. The first-order valence-corrected chi connectivity index (χ1v) is 8.08. The van der Waals surface area contributed by atoms with E-state index in [2.05, 4.69) is 14.7 Å². The maximum atomic E-state index is 11.9. The summed E-state index contributed by atoms with van der Waals surface area (Å²) in [6.45, 7) is 0. The number of benzene rings is 1. The number of nitrogens with two attached hydrogens (primary N) is 1. The fraction of sp³-hybridized carbons (Fsp3) is 0.308. The lowest BCUT2D eigenvalue weighted by atomic mass is 10.2. The molecule has 0 fully saturated rings. The SMILES string of the molecule is COc1ccc(N)cc1NC(=O)CCCSc1ncns1. The number of nitrogens with zero attached hydrogens (tertiary/aromatic N) is 2. The normalized spacial score (nSPS) is 10.3. The van der Waals surface area contributed by atoms with Gasteiger partial charge in [-0.3, -0.25) is 4.79 Å². The van der Waals surface area contributed by atoms with Crippen molar-refractivity contribution in [3.05, 3.63) is 24.5 Å². The van der Waals surface area contributed by atoms with E-state index >= 15 is 0 Å². The van der Waals surface area contributed by atoms with Crippen molar-refractivity contribution in [1.29, 1.82) is 0 Å². The lowest BCUT2D eigenvalue weighted by Crippen LogP contribution is -2.12. The van der Waals surface area contributed by atoms with E-state index in [9.17, 15) is 4.79 Å². The zero-order valence-electron chi connectivity index (χ0n) is 11.5. The van der Waals surface area contributed by atoms with Crippen LogP contribution in [-0.2, 0) is 4.79 Å². The molecule has 2 rings (SSSR count). The number of anilines is 2. The average Bonchev–Trinajstić information content (AvgIpc) is 2.97. The number of ether oxygens (including phenoxy) is 1. The van der Waals surface area contributed by atoms with E-state index in [1.807, 2.05) is 0 Å². The molecular weight excluding hydrogens is 308 g/mol. The first kappa shape index (κ1) is 15.6. The van der Waals surface area contributed by atoms with Gasteiger partial charge in [0.05, 0.1) is 12.8 Å². The summed E-state index contributed by atoms with van der Waals surface area (Å²) in [5, 5.41) is 2.82. The Morgan fingerprint density at radius 1 is 1.52 bits per heavy atom. The largest absolute Gasteiger partial charge is 0.495 e. The van der Waals surface area contributed by atoms with Gasteiger partial charge >= 0.3 is 0 Å². The summed E-state index contributed by atoms with van der Waals surface area (Å²) in [5.74, 6) is 1.37. The molecule has 0 spiro atoms. The van der Waals surface area contributed by atoms with Crippen molar-refractivity contribution in [2.45, 2.75) is 17.2 Å². The third-order valence-corrected chi connectivity index (χ3v) is 4.50. The maximum absolute atomic E-state index is 11.9. The molecule has 1 aromatic heterocycles. The Morgan fingerprint density at radius 2 is 2.38 bits per heavy atom. The summed E-state index contributed by atoms with van der Waals surface area (Å²) in [7, 11) is 1.56. The van der Waals surface area contributed by atoms with Crippen molar-refractivity contribution in [1.82, 2.24) is 9.36 Å². The van der Waals surface area contributed by atoms with Gasteiger partial charge in [0.15, 0.2) is 4.34 Å². The van der Waals surface area contributed by atoms with Gasteiger partial charge in [-0.15, -0.1) is 0 Å². The fourth-order valence-corrected chi connectivity index (χ4v) is 3.11. The van der Waals surface area contributed by atoms with Crippen LogP contribution in [0.2, 0.25) is 0 Å². The molecule has 0 saturated carbocycles. The highest BCUT2D eigenvalue weighted by Gasteiger charge is 2.08. The van der Waals surface area contributed by atoms with Gasteiger partial charge in [0.2, 0.25) is 5.91 Å². The Bertz CT molecular complexity index is 590. The fourth-order valence-electron chi connectivity index (χ4n) is 1.65. The molecule has 0 atom stereocenters. The molecule has 0 aliphatic carbocycles. The number of methoxy groups -OCH3 is 1. The summed E-state index contributed by atoms with van der Waals surface area (Å²) < 4.78 is 10.0. The van der Waals surface area contributed by atoms with Crippen molar-refractivity contribution >= 4 is 40.6 Å². The molecule has 0 aliphatic heterocycles. The molecular formula is C13H16N4O2S2. The summed E-state index contributed by atoms with van der Waals surface area (Å²) in [4.78, 5) is 16.0. The standard InChI is InChI=1S/C13H16N4O2S2/c1-19-11-5-4-9(14)7-10(11)17-12(18)3-2-6-20-13-15-8-16-21-13/h4-5,7-8H,2-3,6,14H2,1H3,(H,17,18). The molecule has 1 amide bonds. The number of rotatable bonds is 7. The first-order chi connectivity index (χ1) is 10.2. The van der Waals surface area contributed by atoms with Crippen molar-refractivity contribution in [2.75, 3.05) is 23.9 Å². The quantitative estimate of drug-likeness (QED) is 0.462. The number of hydrogen-bond acceptors (Lipinski definition) is 7. The minimum absolute atomic E-state index is 0.0586. The number of nitrogen functional groups attached to an aromatic ring is 1. The van der Waals surface area contributed by atoms with Gasteiger partial charge in [-0.1, -0.05) is 11.8 Å². The Hall–Kier alpha value is -1.80. The predicted octanol–water partition coefficient (Wildman–Crippen LogP) is 2.64. The van der Waals surface area contributed by atoms with Crippen molar-refractivity contribution < 1.29 is 9.53 Å². The average molecular weight is 324 g/mol. The highest BCUT2D eigenvalue weighted by Crippen LogP contribution is 2.27. The minimum Gasteiger partial charge on any atom is -0.495 e. The van der Waals surface area contributed by atoms with E-state index in [1.165, 1.54) is 17.9 Å². The number of nitrogens with one attached hydrogen (secondary N) is 1. The zero-order valence-corrected chi connectivity index (χ0v) is 13.2. The molecule has 6 nitrogen and oxygen atoms in total. The molecule has 112 valence electrons. The van der Waals surface area contributed by atoms with Gasteiger partial charge in [-0.05, 0) is 36.2 Å². The molecule has 8 heteroatoms. The van der Waals surface area contributed by atoms with Crippen LogP contribution in [0.3, 0.4) is 0 Å². The maximum Gasteiger partial charge on any atom is 0.224 e. The highest BCUT2D eigenvalue weighted by molar-refractivity contribution is 8.00.